The molecule has 0 radical (unpaired) electrons. The maximum atomic E-state index is 12.8. The number of rotatable bonds is 3. The summed E-state index contributed by atoms with van der Waals surface area (Å²) in [6.45, 7) is 0. The van der Waals surface area contributed by atoms with Crippen molar-refractivity contribution < 1.29 is 9.18 Å². The van der Waals surface area contributed by atoms with E-state index in [9.17, 15) is 9.18 Å². The van der Waals surface area contributed by atoms with Crippen molar-refractivity contribution in [3.63, 3.8) is 0 Å². The number of hydrogen-bond donors (Lipinski definition) is 3. The van der Waals surface area contributed by atoms with Crippen molar-refractivity contribution >= 4 is 17.5 Å². The Morgan fingerprint density at radius 1 is 1.60 bits per heavy atom. The van der Waals surface area contributed by atoms with Crippen LogP contribution in [0.1, 0.15) is 18.0 Å². The molecule has 0 aliphatic carbocycles. The molecule has 0 fully saturated rings. The molecule has 6 heteroatoms. The molecule has 4 nitrogen and oxygen atoms in total. The van der Waals surface area contributed by atoms with Crippen LogP contribution in [-0.4, -0.2) is 5.91 Å². The average molecular weight is 232 g/mol. The van der Waals surface area contributed by atoms with Gasteiger partial charge in [0, 0.05) is 12.5 Å². The Morgan fingerprint density at radius 2 is 2.27 bits per heavy atom. The van der Waals surface area contributed by atoms with E-state index in [0.717, 1.165) is 0 Å². The van der Waals surface area contributed by atoms with Crippen LogP contribution in [0.2, 0.25) is 5.02 Å². The number of nitrogens with two attached hydrogens (primary N) is 2. The number of halogens is 2. The summed E-state index contributed by atoms with van der Waals surface area (Å²) in [6.07, 6.45) is 0.0263. The van der Waals surface area contributed by atoms with E-state index in [2.05, 4.69) is 0 Å². The molecule has 5 N–H and O–H groups in total. The molecule has 1 aromatic rings. The molecule has 0 aliphatic rings. The first kappa shape index (κ1) is 11.9. The van der Waals surface area contributed by atoms with E-state index >= 15 is 0 Å². The van der Waals surface area contributed by atoms with Gasteiger partial charge in [0.1, 0.15) is 5.82 Å². The van der Waals surface area contributed by atoms with Gasteiger partial charge in [-0.25, -0.2) is 10.2 Å². The van der Waals surface area contributed by atoms with Crippen LogP contribution in [0.15, 0.2) is 18.2 Å². The Bertz CT molecular complexity index is 372. The molecule has 1 atom stereocenters. The fourth-order valence-corrected chi connectivity index (χ4v) is 1.31. The summed E-state index contributed by atoms with van der Waals surface area (Å²) >= 11 is 5.57. The summed E-state index contributed by atoms with van der Waals surface area (Å²) in [5, 5.41) is -0.0175. The molecular weight excluding hydrogens is 221 g/mol. The van der Waals surface area contributed by atoms with E-state index in [0.29, 0.717) is 5.56 Å². The van der Waals surface area contributed by atoms with E-state index in [1.807, 2.05) is 5.43 Å². The van der Waals surface area contributed by atoms with Gasteiger partial charge in [-0.2, -0.15) is 0 Å². The van der Waals surface area contributed by atoms with E-state index in [-0.39, 0.29) is 17.4 Å². The van der Waals surface area contributed by atoms with Gasteiger partial charge in [-0.1, -0.05) is 17.7 Å². The van der Waals surface area contributed by atoms with Crippen LogP contribution in [0.3, 0.4) is 0 Å². The Balaban J connectivity index is 2.78. The Labute approximate surface area is 91.4 Å². The average Bonchev–Trinajstić information content (AvgIpc) is 2.21. The highest BCUT2D eigenvalue weighted by atomic mass is 35.5. The van der Waals surface area contributed by atoms with Crippen molar-refractivity contribution in [3.8, 4) is 0 Å². The zero-order chi connectivity index (χ0) is 11.4. The van der Waals surface area contributed by atoms with Gasteiger partial charge in [-0.3, -0.25) is 10.2 Å². The second kappa shape index (κ2) is 5.06. The predicted octanol–water partition coefficient (Wildman–Crippen LogP) is 0.859. The van der Waals surface area contributed by atoms with Crippen molar-refractivity contribution in [3.05, 3.63) is 34.6 Å². The molecule has 0 bridgehead atoms. The van der Waals surface area contributed by atoms with Crippen LogP contribution in [0.4, 0.5) is 4.39 Å². The minimum Gasteiger partial charge on any atom is -0.324 e. The molecule has 0 spiro atoms. The summed E-state index contributed by atoms with van der Waals surface area (Å²) in [4.78, 5) is 10.9. The van der Waals surface area contributed by atoms with Gasteiger partial charge in [-0.05, 0) is 17.7 Å². The van der Waals surface area contributed by atoms with Gasteiger partial charge >= 0.3 is 0 Å². The van der Waals surface area contributed by atoms with E-state index < -0.39 is 11.9 Å². The molecule has 0 aromatic heterocycles. The number of benzene rings is 1. The van der Waals surface area contributed by atoms with Crippen molar-refractivity contribution in [1.29, 1.82) is 0 Å². The SMILES string of the molecule is NNC(=O)CC(N)c1ccc(F)c(Cl)c1. The van der Waals surface area contributed by atoms with Gasteiger partial charge in [0.25, 0.3) is 0 Å². The third-order valence-corrected chi connectivity index (χ3v) is 2.23. The first-order valence-corrected chi connectivity index (χ1v) is 4.62. The topological polar surface area (TPSA) is 81.1 Å². The lowest BCUT2D eigenvalue weighted by atomic mass is 10.0. The number of carbonyl (C=O) groups excluding carboxylic acids is 1. The maximum Gasteiger partial charge on any atom is 0.235 e. The third-order valence-electron chi connectivity index (χ3n) is 1.94. The Hall–Kier alpha value is -1.17. The lowest BCUT2D eigenvalue weighted by Crippen LogP contribution is -2.32. The van der Waals surface area contributed by atoms with E-state index in [1.165, 1.54) is 18.2 Å². The lowest BCUT2D eigenvalue weighted by Gasteiger charge is -2.11. The number of amides is 1. The summed E-state index contributed by atoms with van der Waals surface area (Å²) in [6, 6.07) is 3.53. The fourth-order valence-electron chi connectivity index (χ4n) is 1.12. The molecule has 1 rings (SSSR count). The van der Waals surface area contributed by atoms with E-state index in [1.54, 1.807) is 0 Å². The molecule has 1 amide bonds. The van der Waals surface area contributed by atoms with Crippen LogP contribution in [-0.2, 0) is 4.79 Å². The lowest BCUT2D eigenvalue weighted by molar-refractivity contribution is -0.121. The molecule has 82 valence electrons. The molecule has 15 heavy (non-hydrogen) atoms. The molecule has 0 saturated carbocycles. The van der Waals surface area contributed by atoms with Crippen molar-refractivity contribution in [2.24, 2.45) is 11.6 Å². The third kappa shape index (κ3) is 3.16. The fraction of sp³-hybridized carbons (Fsp3) is 0.222. The second-order valence-electron chi connectivity index (χ2n) is 3.05. The van der Waals surface area contributed by atoms with E-state index in [4.69, 9.17) is 23.2 Å². The van der Waals surface area contributed by atoms with Crippen LogP contribution in [0.5, 0.6) is 0 Å². The van der Waals surface area contributed by atoms with Crippen LogP contribution in [0.25, 0.3) is 0 Å². The Morgan fingerprint density at radius 3 is 2.80 bits per heavy atom. The van der Waals surface area contributed by atoms with Gasteiger partial charge in [-0.15, -0.1) is 0 Å². The standard InChI is InChI=1S/C9H11ClFN3O/c10-6-3-5(1-2-7(6)11)8(12)4-9(15)14-13/h1-3,8H,4,12-13H2,(H,14,15). The zero-order valence-electron chi connectivity index (χ0n) is 7.84. The van der Waals surface area contributed by atoms with Crippen LogP contribution >= 0.6 is 11.6 Å². The van der Waals surface area contributed by atoms with Gasteiger partial charge in [0.2, 0.25) is 5.91 Å². The maximum absolute atomic E-state index is 12.8. The number of hydrogen-bond acceptors (Lipinski definition) is 3. The largest absolute Gasteiger partial charge is 0.324 e. The van der Waals surface area contributed by atoms with Gasteiger partial charge in [0.05, 0.1) is 5.02 Å². The van der Waals surface area contributed by atoms with Crippen molar-refractivity contribution in [1.82, 2.24) is 5.43 Å². The first-order valence-electron chi connectivity index (χ1n) is 4.24. The van der Waals surface area contributed by atoms with Crippen molar-refractivity contribution in [2.45, 2.75) is 12.5 Å². The predicted molar refractivity (Wildman–Crippen MR) is 55.3 cm³/mol. The Kier molecular flexibility index (Phi) is 4.02. The molecule has 1 aromatic carbocycles. The summed E-state index contributed by atoms with van der Waals surface area (Å²) in [5.41, 5.74) is 8.25. The molecule has 0 heterocycles. The van der Waals surface area contributed by atoms with Crippen molar-refractivity contribution in [2.75, 3.05) is 0 Å². The first-order chi connectivity index (χ1) is 7.04. The minimum absolute atomic E-state index is 0.0175. The molecule has 1 unspecified atom stereocenters. The molecular formula is C9H11ClFN3O. The monoisotopic (exact) mass is 231 g/mol. The van der Waals surface area contributed by atoms with Crippen LogP contribution < -0.4 is 17.0 Å². The molecule has 0 aliphatic heterocycles. The number of carbonyl (C=O) groups is 1. The molecule has 0 saturated heterocycles. The normalized spacial score (nSPS) is 12.3. The highest BCUT2D eigenvalue weighted by molar-refractivity contribution is 6.30. The number of hydrazine groups is 1. The summed E-state index contributed by atoms with van der Waals surface area (Å²) < 4.78 is 12.8. The number of nitrogens with one attached hydrogen (secondary N) is 1. The second-order valence-corrected chi connectivity index (χ2v) is 3.46. The van der Waals surface area contributed by atoms with Gasteiger partial charge < -0.3 is 5.73 Å². The van der Waals surface area contributed by atoms with Crippen LogP contribution in [0, 0.1) is 5.82 Å². The summed E-state index contributed by atoms with van der Waals surface area (Å²) in [7, 11) is 0. The quantitative estimate of drug-likeness (QED) is 0.410. The van der Waals surface area contributed by atoms with Gasteiger partial charge in [0.15, 0.2) is 0 Å². The minimum atomic E-state index is -0.549. The highest BCUT2D eigenvalue weighted by Gasteiger charge is 2.12. The summed E-state index contributed by atoms with van der Waals surface area (Å²) in [5.74, 6) is 4.01. The smallest absolute Gasteiger partial charge is 0.235 e. The highest BCUT2D eigenvalue weighted by Crippen LogP contribution is 2.21. The zero-order valence-corrected chi connectivity index (χ0v) is 8.59.